The summed E-state index contributed by atoms with van der Waals surface area (Å²) in [6.45, 7) is 11.6. The number of likely N-dealkylation sites (N-methyl/N-ethyl adjacent to an activating group) is 1. The quantitative estimate of drug-likeness (QED) is 0.108. The predicted molar refractivity (Wildman–Crippen MR) is 195 cm³/mol. The number of hydrogen-bond acceptors (Lipinski definition) is 12. The summed E-state index contributed by atoms with van der Waals surface area (Å²) in [6, 6.07) is 14.2. The highest BCUT2D eigenvalue weighted by molar-refractivity contribution is 5.43. The molecule has 0 saturated carbocycles. The van der Waals surface area contributed by atoms with Crippen molar-refractivity contribution in [2.75, 3.05) is 114 Å². The Hall–Kier alpha value is -2.83. The van der Waals surface area contributed by atoms with Crippen LogP contribution in [0.5, 0.6) is 11.5 Å². The molecule has 2 aromatic rings. The minimum atomic E-state index is -0.673. The van der Waals surface area contributed by atoms with Crippen LogP contribution < -0.4 is 9.47 Å². The second-order valence-electron chi connectivity index (χ2n) is 12.6. The first-order chi connectivity index (χ1) is 24.8. The van der Waals surface area contributed by atoms with Gasteiger partial charge in [-0.2, -0.15) is 5.26 Å². The molecule has 0 saturated heterocycles. The van der Waals surface area contributed by atoms with E-state index in [9.17, 15) is 15.5 Å². The Morgan fingerprint density at radius 1 is 0.706 bits per heavy atom. The van der Waals surface area contributed by atoms with E-state index in [1.165, 1.54) is 0 Å². The monoisotopic (exact) mass is 718 g/mol. The summed E-state index contributed by atoms with van der Waals surface area (Å²) < 4.78 is 43.8. The molecular formula is C39H62N2O10. The van der Waals surface area contributed by atoms with E-state index in [4.69, 9.17) is 37.9 Å². The van der Waals surface area contributed by atoms with Crippen LogP contribution in [0.25, 0.3) is 0 Å². The van der Waals surface area contributed by atoms with Crippen LogP contribution in [-0.4, -0.2) is 129 Å². The third-order valence-corrected chi connectivity index (χ3v) is 8.77. The molecule has 2 N–H and O–H groups in total. The number of aliphatic hydroxyl groups excluding tert-OH is 2. The van der Waals surface area contributed by atoms with Crippen LogP contribution in [0, 0.1) is 17.2 Å². The molecule has 12 nitrogen and oxygen atoms in total. The number of hydrogen-bond donors (Lipinski definition) is 2. The summed E-state index contributed by atoms with van der Waals surface area (Å²) in [6.07, 6.45) is 2.39. The van der Waals surface area contributed by atoms with Crippen LogP contribution in [0.15, 0.2) is 36.4 Å². The van der Waals surface area contributed by atoms with Gasteiger partial charge in [-0.3, -0.25) is 0 Å². The van der Waals surface area contributed by atoms with Crippen molar-refractivity contribution in [3.05, 3.63) is 58.7 Å². The van der Waals surface area contributed by atoms with Gasteiger partial charge in [0.15, 0.2) is 11.5 Å². The Bertz CT molecular complexity index is 1240. The molecule has 0 spiro atoms. The number of nitrogens with zero attached hydrogens (tertiary/aromatic N) is 2. The van der Waals surface area contributed by atoms with E-state index in [-0.39, 0.29) is 19.1 Å². The Labute approximate surface area is 305 Å². The molecule has 0 aromatic heterocycles. The summed E-state index contributed by atoms with van der Waals surface area (Å²) >= 11 is 0. The minimum Gasteiger partial charge on any atom is -0.493 e. The summed E-state index contributed by atoms with van der Waals surface area (Å²) in [7, 11) is 5.38. The number of aliphatic hydroxyl groups is 2. The lowest BCUT2D eigenvalue weighted by Crippen LogP contribution is -2.33. The van der Waals surface area contributed by atoms with Gasteiger partial charge in [-0.1, -0.05) is 38.1 Å². The van der Waals surface area contributed by atoms with Gasteiger partial charge in [0, 0.05) is 13.7 Å². The highest BCUT2D eigenvalue weighted by Gasteiger charge is 2.36. The van der Waals surface area contributed by atoms with Crippen molar-refractivity contribution in [1.82, 2.24) is 4.90 Å². The molecule has 1 unspecified atom stereocenters. The fourth-order valence-electron chi connectivity index (χ4n) is 5.60. The van der Waals surface area contributed by atoms with Crippen molar-refractivity contribution in [3.63, 3.8) is 0 Å². The highest BCUT2D eigenvalue weighted by atomic mass is 16.6. The van der Waals surface area contributed by atoms with Gasteiger partial charge in [0.2, 0.25) is 0 Å². The number of ether oxygens (including phenoxy) is 8. The van der Waals surface area contributed by atoms with Crippen LogP contribution in [0.4, 0.5) is 0 Å². The lowest BCUT2D eigenvalue weighted by molar-refractivity contribution is -0.0159. The van der Waals surface area contributed by atoms with Crippen LogP contribution >= 0.6 is 0 Å². The molecule has 0 radical (unpaired) electrons. The molecule has 0 aliphatic heterocycles. The van der Waals surface area contributed by atoms with E-state index in [0.717, 1.165) is 37.1 Å². The summed E-state index contributed by atoms with van der Waals surface area (Å²) in [5.41, 5.74) is 2.72. The van der Waals surface area contributed by atoms with Crippen molar-refractivity contribution in [2.24, 2.45) is 5.92 Å². The molecule has 2 aromatic carbocycles. The molecule has 0 fully saturated rings. The molecule has 0 aliphatic carbocycles. The van der Waals surface area contributed by atoms with Crippen molar-refractivity contribution in [2.45, 2.75) is 51.7 Å². The first kappa shape index (κ1) is 44.3. The van der Waals surface area contributed by atoms with E-state index in [0.29, 0.717) is 108 Å². The van der Waals surface area contributed by atoms with E-state index in [1.807, 2.05) is 30.3 Å². The molecule has 0 amide bonds. The number of nitriles is 1. The average Bonchev–Trinajstić information content (AvgIpc) is 3.15. The molecule has 12 heteroatoms. The van der Waals surface area contributed by atoms with Gasteiger partial charge in [-0.25, -0.2) is 0 Å². The molecule has 1 atom stereocenters. The maximum absolute atomic E-state index is 10.3. The van der Waals surface area contributed by atoms with E-state index >= 15 is 0 Å². The summed E-state index contributed by atoms with van der Waals surface area (Å²) in [4.78, 5) is 2.28. The summed E-state index contributed by atoms with van der Waals surface area (Å²) in [5.74, 6) is 1.45. The topological polar surface area (TPSA) is 141 Å². The van der Waals surface area contributed by atoms with Crippen LogP contribution in [-0.2, 0) is 53.5 Å². The van der Waals surface area contributed by atoms with Crippen LogP contribution in [0.2, 0.25) is 0 Å². The second-order valence-corrected chi connectivity index (χ2v) is 12.6. The lowest BCUT2D eigenvalue weighted by Gasteiger charge is -2.32. The van der Waals surface area contributed by atoms with Gasteiger partial charge in [0.05, 0.1) is 104 Å². The number of rotatable bonds is 31. The zero-order chi connectivity index (χ0) is 37.2. The predicted octanol–water partition coefficient (Wildman–Crippen LogP) is 4.16. The molecule has 288 valence electrons. The Kier molecular flexibility index (Phi) is 23.4. The maximum Gasteiger partial charge on any atom is 0.161 e. The van der Waals surface area contributed by atoms with Gasteiger partial charge >= 0.3 is 0 Å². The van der Waals surface area contributed by atoms with Crippen molar-refractivity contribution < 1.29 is 48.1 Å². The van der Waals surface area contributed by atoms with Gasteiger partial charge in [-0.15, -0.1) is 0 Å². The molecule has 0 bridgehead atoms. The molecule has 0 aliphatic rings. The Morgan fingerprint density at radius 2 is 1.27 bits per heavy atom. The fraction of sp³-hybridized carbons (Fsp3) is 0.667. The number of benzene rings is 2. The first-order valence-electron chi connectivity index (χ1n) is 18.0. The van der Waals surface area contributed by atoms with Crippen molar-refractivity contribution in [1.29, 1.82) is 5.26 Å². The van der Waals surface area contributed by atoms with Gasteiger partial charge in [-0.05, 0) is 73.2 Å². The molecular weight excluding hydrogens is 656 g/mol. The van der Waals surface area contributed by atoms with Gasteiger partial charge < -0.3 is 53.0 Å². The summed E-state index contributed by atoms with van der Waals surface area (Å²) in [5, 5.41) is 29.7. The van der Waals surface area contributed by atoms with E-state index in [1.54, 1.807) is 14.2 Å². The first-order valence-corrected chi connectivity index (χ1v) is 18.0. The fourth-order valence-corrected chi connectivity index (χ4v) is 5.60. The number of methoxy groups -OCH3 is 2. The van der Waals surface area contributed by atoms with E-state index < -0.39 is 5.41 Å². The van der Waals surface area contributed by atoms with E-state index in [2.05, 4.69) is 37.9 Å². The van der Waals surface area contributed by atoms with Crippen LogP contribution in [0.1, 0.15) is 48.9 Å². The Morgan fingerprint density at radius 3 is 1.78 bits per heavy atom. The van der Waals surface area contributed by atoms with Crippen LogP contribution in [0.3, 0.4) is 0 Å². The normalized spacial score (nSPS) is 12.7. The third-order valence-electron chi connectivity index (χ3n) is 8.77. The highest BCUT2D eigenvalue weighted by Crippen LogP contribution is 2.37. The molecule has 2 rings (SSSR count). The Balaban J connectivity index is 1.62. The second kappa shape index (κ2) is 26.9. The minimum absolute atomic E-state index is 0.0871. The average molecular weight is 719 g/mol. The SMILES string of the molecule is COCCOCCOCCOCCOCCOCCOc1ccc(CCN(C)CCCC(C#N)(c2ccc(CO)c(CO)c2)C(C)C)cc1OC. The zero-order valence-electron chi connectivity index (χ0n) is 31.5. The van der Waals surface area contributed by atoms with Gasteiger partial charge in [0.1, 0.15) is 6.61 Å². The largest absolute Gasteiger partial charge is 0.493 e. The maximum atomic E-state index is 10.3. The smallest absolute Gasteiger partial charge is 0.161 e. The zero-order valence-corrected chi connectivity index (χ0v) is 31.5. The molecule has 51 heavy (non-hydrogen) atoms. The van der Waals surface area contributed by atoms with Crippen molar-refractivity contribution >= 4 is 0 Å². The third kappa shape index (κ3) is 16.6. The molecule has 0 heterocycles. The van der Waals surface area contributed by atoms with Crippen molar-refractivity contribution in [3.8, 4) is 17.6 Å². The lowest BCUT2D eigenvalue weighted by atomic mass is 9.69. The standard InChI is InChI=1S/C39H62N2O10/c1-32(2)39(31-40,36-9-8-34(29-42)35(28-36)30-43)12-6-13-41(3)14-11-33-7-10-37(38(27-33)45-5)51-26-25-50-24-23-49-22-21-48-20-19-47-18-17-46-16-15-44-4/h7-10,27-28,32,42-43H,6,11-26,29-30H2,1-5H3. The van der Waals surface area contributed by atoms with Gasteiger partial charge in [0.25, 0.3) is 0 Å².